The number of benzene rings is 2. The number of piperidine rings is 1. The number of ether oxygens (including phenoxy) is 1. The van der Waals surface area contributed by atoms with Crippen LogP contribution in [0.2, 0.25) is 0 Å². The average molecular weight is 446 g/mol. The monoisotopic (exact) mass is 445 g/mol. The molecule has 3 aromatic rings. The summed E-state index contributed by atoms with van der Waals surface area (Å²) in [6.45, 7) is 2.78. The van der Waals surface area contributed by atoms with Gasteiger partial charge in [-0.05, 0) is 50.1 Å². The summed E-state index contributed by atoms with van der Waals surface area (Å²) >= 11 is 1.24. The number of nitrogens with one attached hydrogen (secondary N) is 1. The molecule has 1 aliphatic rings. The van der Waals surface area contributed by atoms with E-state index in [1.807, 2.05) is 18.2 Å². The number of hydrogen-bond donors (Lipinski definition) is 1. The van der Waals surface area contributed by atoms with Crippen molar-refractivity contribution in [2.24, 2.45) is 0 Å². The molecule has 30 heavy (non-hydrogen) atoms. The third-order valence-electron chi connectivity index (χ3n) is 4.97. The molecule has 1 atom stereocenters. The van der Waals surface area contributed by atoms with Gasteiger partial charge in [-0.3, -0.25) is 10.1 Å². The van der Waals surface area contributed by atoms with E-state index < -0.39 is 16.1 Å². The molecule has 9 heteroatoms. The van der Waals surface area contributed by atoms with Gasteiger partial charge in [-0.15, -0.1) is 0 Å². The van der Waals surface area contributed by atoms with Crippen LogP contribution >= 0.6 is 11.3 Å². The van der Waals surface area contributed by atoms with Gasteiger partial charge >= 0.3 is 0 Å². The maximum absolute atomic E-state index is 12.9. The van der Waals surface area contributed by atoms with Crippen LogP contribution < -0.4 is 10.1 Å². The summed E-state index contributed by atoms with van der Waals surface area (Å²) in [5.74, 6) is 0.288. The van der Waals surface area contributed by atoms with Crippen molar-refractivity contribution >= 4 is 42.6 Å². The SMILES string of the molecule is CC(Oc1ccccc1)C(=O)Nc1nc2ccc(S(=O)(=O)N3CCCCC3)cc2s1. The summed E-state index contributed by atoms with van der Waals surface area (Å²) in [5.41, 5.74) is 0.643. The van der Waals surface area contributed by atoms with Gasteiger partial charge in [0.15, 0.2) is 11.2 Å². The molecule has 1 aliphatic heterocycles. The molecule has 0 bridgehead atoms. The van der Waals surface area contributed by atoms with Crippen LogP contribution in [0.25, 0.3) is 10.2 Å². The maximum Gasteiger partial charge on any atom is 0.266 e. The summed E-state index contributed by atoms with van der Waals surface area (Å²) in [6, 6.07) is 14.0. The fourth-order valence-electron chi connectivity index (χ4n) is 3.34. The molecule has 0 spiro atoms. The lowest BCUT2D eigenvalue weighted by atomic mass is 10.2. The summed E-state index contributed by atoms with van der Waals surface area (Å²) in [4.78, 5) is 17.1. The summed E-state index contributed by atoms with van der Waals surface area (Å²) in [5, 5.41) is 3.16. The van der Waals surface area contributed by atoms with Crippen LogP contribution in [0.15, 0.2) is 53.4 Å². The molecule has 2 aromatic carbocycles. The molecule has 1 saturated heterocycles. The Morgan fingerprint density at radius 2 is 1.87 bits per heavy atom. The molecule has 0 aliphatic carbocycles. The summed E-state index contributed by atoms with van der Waals surface area (Å²) in [6.07, 6.45) is 2.15. The molecule has 1 aromatic heterocycles. The zero-order valence-electron chi connectivity index (χ0n) is 16.6. The zero-order chi connectivity index (χ0) is 21.1. The van der Waals surface area contributed by atoms with E-state index in [4.69, 9.17) is 4.74 Å². The minimum atomic E-state index is -3.51. The summed E-state index contributed by atoms with van der Waals surface area (Å²) < 4.78 is 33.7. The van der Waals surface area contributed by atoms with E-state index in [1.165, 1.54) is 11.3 Å². The second-order valence-corrected chi connectivity index (χ2v) is 10.1. The number of fused-ring (bicyclic) bond motifs is 1. The van der Waals surface area contributed by atoms with Crippen molar-refractivity contribution in [1.82, 2.24) is 9.29 Å². The van der Waals surface area contributed by atoms with E-state index in [9.17, 15) is 13.2 Å². The van der Waals surface area contributed by atoms with E-state index in [1.54, 1.807) is 41.6 Å². The average Bonchev–Trinajstić information content (AvgIpc) is 3.16. The summed E-state index contributed by atoms with van der Waals surface area (Å²) in [7, 11) is -3.51. The number of sulfonamides is 1. The number of nitrogens with zero attached hydrogens (tertiary/aromatic N) is 2. The highest BCUT2D eigenvalue weighted by Gasteiger charge is 2.26. The Labute approximate surface area is 179 Å². The fourth-order valence-corrected chi connectivity index (χ4v) is 5.86. The van der Waals surface area contributed by atoms with E-state index in [0.29, 0.717) is 34.2 Å². The Hall–Kier alpha value is -2.49. The lowest BCUT2D eigenvalue weighted by molar-refractivity contribution is -0.122. The Balaban J connectivity index is 1.49. The first-order valence-corrected chi connectivity index (χ1v) is 12.1. The topological polar surface area (TPSA) is 88.6 Å². The van der Waals surface area contributed by atoms with Crippen molar-refractivity contribution in [1.29, 1.82) is 0 Å². The lowest BCUT2D eigenvalue weighted by Crippen LogP contribution is -2.35. The van der Waals surface area contributed by atoms with Crippen molar-refractivity contribution in [2.45, 2.75) is 37.2 Å². The number of rotatable bonds is 6. The minimum absolute atomic E-state index is 0.263. The van der Waals surface area contributed by atoms with Gasteiger partial charge in [0.25, 0.3) is 5.91 Å². The van der Waals surface area contributed by atoms with Gasteiger partial charge in [0, 0.05) is 13.1 Å². The second kappa shape index (κ2) is 8.71. The Morgan fingerprint density at radius 3 is 2.60 bits per heavy atom. The maximum atomic E-state index is 12.9. The van der Waals surface area contributed by atoms with Crippen molar-refractivity contribution in [3.8, 4) is 5.75 Å². The number of anilines is 1. The highest BCUT2D eigenvalue weighted by Crippen LogP contribution is 2.30. The first kappa shape index (κ1) is 20.8. The molecule has 2 heterocycles. The van der Waals surface area contributed by atoms with E-state index in [2.05, 4.69) is 10.3 Å². The Morgan fingerprint density at radius 1 is 1.13 bits per heavy atom. The molecule has 4 rings (SSSR count). The normalized spacial score (nSPS) is 16.3. The van der Waals surface area contributed by atoms with E-state index in [0.717, 1.165) is 19.3 Å². The number of hydrogen-bond acceptors (Lipinski definition) is 6. The Bertz CT molecular complexity index is 1140. The number of carbonyl (C=O) groups excluding carboxylic acids is 1. The zero-order valence-corrected chi connectivity index (χ0v) is 18.2. The van der Waals surface area contributed by atoms with Gasteiger partial charge in [-0.25, -0.2) is 13.4 Å². The molecule has 1 unspecified atom stereocenters. The van der Waals surface area contributed by atoms with Crippen molar-refractivity contribution in [3.63, 3.8) is 0 Å². The number of carbonyl (C=O) groups is 1. The van der Waals surface area contributed by atoms with Gasteiger partial charge < -0.3 is 4.74 Å². The van der Waals surface area contributed by atoms with Crippen LogP contribution in [0.3, 0.4) is 0 Å². The number of thiazole rings is 1. The molecular weight excluding hydrogens is 422 g/mol. The third kappa shape index (κ3) is 4.48. The van der Waals surface area contributed by atoms with Gasteiger partial charge in [0.05, 0.1) is 15.1 Å². The van der Waals surface area contributed by atoms with Crippen LogP contribution in [0.5, 0.6) is 5.75 Å². The van der Waals surface area contributed by atoms with Crippen LogP contribution in [0, 0.1) is 0 Å². The standard InChI is InChI=1S/C21H23N3O4S2/c1-15(28-16-8-4-2-5-9-16)20(25)23-21-22-18-11-10-17(14-19(18)29-21)30(26,27)24-12-6-3-7-13-24/h2,4-5,8-11,14-15H,3,6-7,12-13H2,1H3,(H,22,23,25). The first-order chi connectivity index (χ1) is 14.4. The first-order valence-electron chi connectivity index (χ1n) is 9.87. The number of aromatic nitrogens is 1. The lowest BCUT2D eigenvalue weighted by Gasteiger charge is -2.25. The van der Waals surface area contributed by atoms with Crippen LogP contribution in [0.1, 0.15) is 26.2 Å². The third-order valence-corrected chi connectivity index (χ3v) is 7.80. The van der Waals surface area contributed by atoms with E-state index >= 15 is 0 Å². The largest absolute Gasteiger partial charge is 0.481 e. The van der Waals surface area contributed by atoms with Crippen molar-refractivity contribution in [3.05, 3.63) is 48.5 Å². The smallest absolute Gasteiger partial charge is 0.266 e. The molecule has 0 radical (unpaired) electrons. The van der Waals surface area contributed by atoms with Gasteiger partial charge in [-0.1, -0.05) is 36.0 Å². The van der Waals surface area contributed by atoms with Crippen LogP contribution in [-0.2, 0) is 14.8 Å². The van der Waals surface area contributed by atoms with Gasteiger partial charge in [0.2, 0.25) is 10.0 Å². The van der Waals surface area contributed by atoms with Gasteiger partial charge in [-0.2, -0.15) is 4.31 Å². The molecule has 1 amide bonds. The molecule has 7 nitrogen and oxygen atoms in total. The molecule has 1 fully saturated rings. The quantitative estimate of drug-likeness (QED) is 0.622. The minimum Gasteiger partial charge on any atom is -0.481 e. The number of amides is 1. The van der Waals surface area contributed by atoms with E-state index in [-0.39, 0.29) is 10.8 Å². The van der Waals surface area contributed by atoms with Crippen LogP contribution in [-0.4, -0.2) is 42.8 Å². The molecule has 158 valence electrons. The molecule has 0 saturated carbocycles. The Kier molecular flexibility index (Phi) is 6.03. The highest BCUT2D eigenvalue weighted by atomic mass is 32.2. The highest BCUT2D eigenvalue weighted by molar-refractivity contribution is 7.89. The van der Waals surface area contributed by atoms with Gasteiger partial charge in [0.1, 0.15) is 5.75 Å². The van der Waals surface area contributed by atoms with Crippen LogP contribution in [0.4, 0.5) is 5.13 Å². The predicted molar refractivity (Wildman–Crippen MR) is 117 cm³/mol. The predicted octanol–water partition coefficient (Wildman–Crippen LogP) is 3.88. The molecular formula is C21H23N3O4S2. The van der Waals surface area contributed by atoms with Crippen molar-refractivity contribution < 1.29 is 17.9 Å². The fraction of sp³-hybridized carbons (Fsp3) is 0.333. The molecule has 1 N–H and O–H groups in total. The second-order valence-electron chi connectivity index (χ2n) is 7.18. The number of para-hydroxylation sites is 1. The van der Waals surface area contributed by atoms with Crippen molar-refractivity contribution in [2.75, 3.05) is 18.4 Å².